The van der Waals surface area contributed by atoms with E-state index in [1.165, 1.54) is 0 Å². The van der Waals surface area contributed by atoms with E-state index in [0.29, 0.717) is 6.42 Å². The molecule has 0 aliphatic heterocycles. The quantitative estimate of drug-likeness (QED) is 0.384. The van der Waals surface area contributed by atoms with Gasteiger partial charge in [0.15, 0.2) is 0 Å². The lowest BCUT2D eigenvalue weighted by Crippen LogP contribution is -2.03. The molecule has 6 nitrogen and oxygen atoms in total. The van der Waals surface area contributed by atoms with E-state index < -0.39 is 13.8 Å². The van der Waals surface area contributed by atoms with Gasteiger partial charge >= 0.3 is 13.8 Å². The van der Waals surface area contributed by atoms with Gasteiger partial charge in [0.2, 0.25) is 0 Å². The smallest absolute Gasteiger partial charge is 0.301 e. The van der Waals surface area contributed by atoms with Crippen molar-refractivity contribution >= 4 is 13.8 Å². The highest BCUT2D eigenvalue weighted by Crippen LogP contribution is 2.35. The summed E-state index contributed by atoms with van der Waals surface area (Å²) in [6.45, 7) is 1.87. The lowest BCUT2D eigenvalue weighted by Gasteiger charge is -2.02. The molecule has 0 amide bonds. The molecule has 0 fully saturated rings. The Morgan fingerprint density at radius 1 is 1.50 bits per heavy atom. The molecule has 0 aromatic carbocycles. The van der Waals surface area contributed by atoms with Gasteiger partial charge in [0.05, 0.1) is 0 Å². The molecule has 2 N–H and O–H groups in total. The van der Waals surface area contributed by atoms with Crippen molar-refractivity contribution in [1.82, 2.24) is 0 Å². The second-order valence-corrected chi connectivity index (χ2v) is 3.25. The molecule has 0 saturated heterocycles. The first-order valence-electron chi connectivity index (χ1n) is 3.40. The zero-order chi connectivity index (χ0) is 9.61. The molecule has 0 atom stereocenters. The SMILES string of the molecule is CCCCC(=O)OOP(=O)(O)O. The van der Waals surface area contributed by atoms with Gasteiger partial charge in [-0.15, -0.1) is 0 Å². The fourth-order valence-corrected chi connectivity index (χ4v) is 0.633. The highest BCUT2D eigenvalue weighted by Gasteiger charge is 2.18. The van der Waals surface area contributed by atoms with E-state index in [2.05, 4.69) is 9.56 Å². The van der Waals surface area contributed by atoms with Gasteiger partial charge in [-0.1, -0.05) is 18.0 Å². The minimum absolute atomic E-state index is 0.0938. The number of carbonyl (C=O) groups excluding carboxylic acids is 1. The summed E-state index contributed by atoms with van der Waals surface area (Å²) in [7, 11) is -4.69. The van der Waals surface area contributed by atoms with E-state index in [9.17, 15) is 9.36 Å². The third-order valence-electron chi connectivity index (χ3n) is 0.962. The van der Waals surface area contributed by atoms with Crippen LogP contribution in [0.4, 0.5) is 0 Å². The van der Waals surface area contributed by atoms with E-state index in [1.54, 1.807) is 0 Å². The molecule has 0 rings (SSSR count). The van der Waals surface area contributed by atoms with Crippen molar-refractivity contribution in [1.29, 1.82) is 0 Å². The predicted octanol–water partition coefficient (Wildman–Crippen LogP) is 0.744. The summed E-state index contributed by atoms with van der Waals surface area (Å²) in [5.41, 5.74) is 0. The Hall–Kier alpha value is -0.420. The van der Waals surface area contributed by atoms with Crippen LogP contribution in [0.15, 0.2) is 0 Å². The number of phosphoric acid groups is 1. The van der Waals surface area contributed by atoms with E-state index in [0.717, 1.165) is 6.42 Å². The number of rotatable bonds is 5. The maximum atomic E-state index is 10.6. The average Bonchev–Trinajstić information content (AvgIpc) is 1.95. The summed E-state index contributed by atoms with van der Waals surface area (Å²) in [4.78, 5) is 30.6. The molecule has 7 heteroatoms. The summed E-state index contributed by atoms with van der Waals surface area (Å²) in [6.07, 6.45) is 1.49. The Morgan fingerprint density at radius 3 is 2.50 bits per heavy atom. The highest BCUT2D eigenvalue weighted by atomic mass is 31.2. The molecule has 0 aromatic rings. The summed E-state index contributed by atoms with van der Waals surface area (Å²) in [6, 6.07) is 0. The third kappa shape index (κ3) is 7.68. The van der Waals surface area contributed by atoms with Crippen molar-refractivity contribution in [2.45, 2.75) is 26.2 Å². The summed E-state index contributed by atoms with van der Waals surface area (Å²) in [5, 5.41) is 0. The minimum atomic E-state index is -4.69. The largest absolute Gasteiger partial charge is 0.505 e. The molecule has 0 saturated carbocycles. The molecule has 72 valence electrons. The Labute approximate surface area is 69.7 Å². The molecule has 0 radical (unpaired) electrons. The molecule has 0 unspecified atom stereocenters. The van der Waals surface area contributed by atoms with Crippen LogP contribution in [-0.2, 0) is 18.9 Å². The minimum Gasteiger partial charge on any atom is -0.301 e. The van der Waals surface area contributed by atoms with Gasteiger partial charge < -0.3 is 9.79 Å². The summed E-state index contributed by atoms with van der Waals surface area (Å²) in [5.74, 6) is -0.778. The molecule has 0 aliphatic rings. The molecule has 0 aliphatic carbocycles. The Balaban J connectivity index is 3.51. The van der Waals surface area contributed by atoms with Crippen LogP contribution in [0.25, 0.3) is 0 Å². The fraction of sp³-hybridized carbons (Fsp3) is 0.800. The van der Waals surface area contributed by atoms with Crippen molar-refractivity contribution < 1.29 is 28.7 Å². The van der Waals surface area contributed by atoms with Crippen LogP contribution >= 0.6 is 7.82 Å². The Bertz CT molecular complexity index is 184. The zero-order valence-corrected chi connectivity index (χ0v) is 7.49. The van der Waals surface area contributed by atoms with Gasteiger partial charge in [-0.25, -0.2) is 9.36 Å². The molecule has 0 heterocycles. The molecular formula is C5H11O6P. The second-order valence-electron chi connectivity index (χ2n) is 2.12. The van der Waals surface area contributed by atoms with Crippen LogP contribution in [0.5, 0.6) is 0 Å². The topological polar surface area (TPSA) is 93.1 Å². The number of hydrogen-bond donors (Lipinski definition) is 2. The lowest BCUT2D eigenvalue weighted by molar-refractivity contribution is -0.222. The molecular weight excluding hydrogens is 187 g/mol. The van der Waals surface area contributed by atoms with Gasteiger partial charge in [-0.3, -0.25) is 4.89 Å². The molecule has 0 bridgehead atoms. The maximum Gasteiger partial charge on any atom is 0.505 e. The van der Waals surface area contributed by atoms with Gasteiger partial charge in [0.1, 0.15) is 0 Å². The average molecular weight is 198 g/mol. The van der Waals surface area contributed by atoms with Crippen molar-refractivity contribution in [3.05, 3.63) is 0 Å². The Kier molecular flexibility index (Phi) is 5.08. The van der Waals surface area contributed by atoms with Crippen LogP contribution in [0.2, 0.25) is 0 Å². The lowest BCUT2D eigenvalue weighted by atomic mass is 10.3. The van der Waals surface area contributed by atoms with Crippen molar-refractivity contribution in [2.24, 2.45) is 0 Å². The van der Waals surface area contributed by atoms with Crippen LogP contribution in [-0.4, -0.2) is 15.8 Å². The van der Waals surface area contributed by atoms with Gasteiger partial charge in [0.25, 0.3) is 0 Å². The van der Waals surface area contributed by atoms with Crippen LogP contribution in [0.1, 0.15) is 26.2 Å². The number of hydrogen-bond acceptors (Lipinski definition) is 4. The highest BCUT2D eigenvalue weighted by molar-refractivity contribution is 7.46. The van der Waals surface area contributed by atoms with Crippen LogP contribution in [0.3, 0.4) is 0 Å². The van der Waals surface area contributed by atoms with E-state index >= 15 is 0 Å². The van der Waals surface area contributed by atoms with Gasteiger partial charge in [-0.05, 0) is 6.42 Å². The van der Waals surface area contributed by atoms with Crippen molar-refractivity contribution in [3.63, 3.8) is 0 Å². The predicted molar refractivity (Wildman–Crippen MR) is 38.7 cm³/mol. The van der Waals surface area contributed by atoms with Crippen molar-refractivity contribution in [3.8, 4) is 0 Å². The number of carbonyl (C=O) groups is 1. The first kappa shape index (κ1) is 11.6. The monoisotopic (exact) mass is 198 g/mol. The first-order chi connectivity index (χ1) is 5.45. The van der Waals surface area contributed by atoms with E-state index in [1.807, 2.05) is 6.92 Å². The fourth-order valence-electron chi connectivity index (χ4n) is 0.453. The van der Waals surface area contributed by atoms with Crippen LogP contribution < -0.4 is 0 Å². The third-order valence-corrected chi connectivity index (χ3v) is 1.23. The Morgan fingerprint density at radius 2 is 2.08 bits per heavy atom. The molecule has 0 aromatic heterocycles. The maximum absolute atomic E-state index is 10.6. The van der Waals surface area contributed by atoms with E-state index in [-0.39, 0.29) is 6.42 Å². The molecule has 12 heavy (non-hydrogen) atoms. The van der Waals surface area contributed by atoms with Gasteiger partial charge in [-0.2, -0.15) is 0 Å². The first-order valence-corrected chi connectivity index (χ1v) is 4.93. The summed E-state index contributed by atoms with van der Waals surface area (Å²) >= 11 is 0. The zero-order valence-electron chi connectivity index (χ0n) is 6.60. The number of unbranched alkanes of at least 4 members (excludes halogenated alkanes) is 1. The van der Waals surface area contributed by atoms with Gasteiger partial charge in [0, 0.05) is 6.42 Å². The second kappa shape index (κ2) is 5.27. The summed E-state index contributed by atoms with van der Waals surface area (Å²) < 4.78 is 13.5. The van der Waals surface area contributed by atoms with Crippen LogP contribution in [0, 0.1) is 0 Å². The van der Waals surface area contributed by atoms with E-state index in [4.69, 9.17) is 9.79 Å². The normalized spacial score (nSPS) is 11.2. The molecule has 0 spiro atoms. The standard InChI is InChI=1S/C5H11O6P/c1-2-3-4-5(6)10-11-12(7,8)9/h2-4H2,1H3,(H2,7,8,9). The van der Waals surface area contributed by atoms with Crippen molar-refractivity contribution in [2.75, 3.05) is 0 Å².